The van der Waals surface area contributed by atoms with E-state index in [0.29, 0.717) is 5.56 Å². The Balaban J connectivity index is 2.72. The monoisotopic (exact) mass is 255 g/mol. The van der Waals surface area contributed by atoms with Gasteiger partial charge in [-0.3, -0.25) is 4.79 Å². The lowest BCUT2D eigenvalue weighted by atomic mass is 10.2. The Bertz CT molecular complexity index is 421. The number of likely N-dealkylation sites (N-methyl/N-ethyl adjacent to an activating group) is 1. The fourth-order valence-corrected chi connectivity index (χ4v) is 1.36. The molecule has 0 heterocycles. The predicted octanol–water partition coefficient (Wildman–Crippen LogP) is 1.56. The second-order valence-corrected chi connectivity index (χ2v) is 4.27. The van der Waals surface area contributed by atoms with Crippen molar-refractivity contribution in [2.75, 3.05) is 13.7 Å². The maximum atomic E-state index is 13.5. The highest BCUT2D eigenvalue weighted by atomic mass is 19.1. The van der Waals surface area contributed by atoms with Crippen molar-refractivity contribution in [1.82, 2.24) is 4.90 Å². The number of hydrogen-bond donors (Lipinski definition) is 1. The van der Waals surface area contributed by atoms with E-state index in [1.807, 2.05) is 13.8 Å². The van der Waals surface area contributed by atoms with Crippen LogP contribution in [0.3, 0.4) is 0 Å². The van der Waals surface area contributed by atoms with Gasteiger partial charge in [-0.2, -0.15) is 0 Å². The van der Waals surface area contributed by atoms with Crippen molar-refractivity contribution in [1.29, 1.82) is 0 Å². The summed E-state index contributed by atoms with van der Waals surface area (Å²) in [4.78, 5) is 13.2. The average molecular weight is 255 g/mol. The summed E-state index contributed by atoms with van der Waals surface area (Å²) in [5.41, 5.74) is 0.329. The zero-order valence-electron chi connectivity index (χ0n) is 10.8. The van der Waals surface area contributed by atoms with Gasteiger partial charge in [-0.05, 0) is 19.9 Å². The number of nitrogens with zero attached hydrogens (tertiary/aromatic N) is 1. The van der Waals surface area contributed by atoms with E-state index in [1.165, 1.54) is 17.0 Å². The number of para-hydroxylation sites is 1. The first-order valence-electron chi connectivity index (χ1n) is 5.74. The van der Waals surface area contributed by atoms with Crippen molar-refractivity contribution in [2.24, 2.45) is 0 Å². The van der Waals surface area contributed by atoms with Gasteiger partial charge in [0.1, 0.15) is 0 Å². The topological polar surface area (TPSA) is 49.8 Å². The zero-order valence-corrected chi connectivity index (χ0v) is 10.8. The predicted molar refractivity (Wildman–Crippen MR) is 65.7 cm³/mol. The van der Waals surface area contributed by atoms with Crippen LogP contribution >= 0.6 is 0 Å². The first-order chi connectivity index (χ1) is 8.47. The van der Waals surface area contributed by atoms with E-state index in [2.05, 4.69) is 0 Å². The number of carbonyl (C=O) groups excluding carboxylic acids is 1. The first kappa shape index (κ1) is 14.4. The largest absolute Gasteiger partial charge is 0.480 e. The summed E-state index contributed by atoms with van der Waals surface area (Å²) in [5, 5.41) is 9.06. The summed E-state index contributed by atoms with van der Waals surface area (Å²) in [5.74, 6) is -0.885. The van der Waals surface area contributed by atoms with Crippen LogP contribution in [0.15, 0.2) is 18.2 Å². The van der Waals surface area contributed by atoms with Crippen LogP contribution in [0.25, 0.3) is 0 Å². The van der Waals surface area contributed by atoms with E-state index in [1.54, 1.807) is 13.1 Å². The molecule has 0 unspecified atom stereocenters. The Morgan fingerprint density at radius 2 is 2.17 bits per heavy atom. The molecule has 0 aliphatic heterocycles. The molecule has 1 aromatic carbocycles. The van der Waals surface area contributed by atoms with Crippen LogP contribution in [0.4, 0.5) is 4.39 Å². The number of ether oxygens (including phenoxy) is 1. The molecule has 5 heteroatoms. The van der Waals surface area contributed by atoms with Crippen LogP contribution in [0.2, 0.25) is 0 Å². The van der Waals surface area contributed by atoms with Crippen molar-refractivity contribution in [3.8, 4) is 5.75 Å². The minimum absolute atomic E-state index is 0.0547. The summed E-state index contributed by atoms with van der Waals surface area (Å²) in [7, 11) is 1.66. The number of aliphatic hydroxyl groups excluding tert-OH is 1. The van der Waals surface area contributed by atoms with Crippen molar-refractivity contribution < 1.29 is 19.0 Å². The first-order valence-corrected chi connectivity index (χ1v) is 5.74. The standard InChI is InChI=1S/C13H18FNO3/c1-9(2)15(3)12(17)8-18-13-10(7-16)5-4-6-11(13)14/h4-6,9,16H,7-8H2,1-3H3. The summed E-state index contributed by atoms with van der Waals surface area (Å²) < 4.78 is 18.7. The average Bonchev–Trinajstić information content (AvgIpc) is 2.35. The molecule has 0 saturated heterocycles. The summed E-state index contributed by atoms with van der Waals surface area (Å²) >= 11 is 0. The number of rotatable bonds is 5. The van der Waals surface area contributed by atoms with E-state index < -0.39 is 5.82 Å². The minimum atomic E-state index is -0.582. The number of benzene rings is 1. The van der Waals surface area contributed by atoms with Crippen LogP contribution in [0.5, 0.6) is 5.75 Å². The van der Waals surface area contributed by atoms with Gasteiger partial charge < -0.3 is 14.7 Å². The maximum Gasteiger partial charge on any atom is 0.260 e. The molecule has 1 amide bonds. The molecule has 0 spiro atoms. The second kappa shape index (κ2) is 6.35. The molecule has 18 heavy (non-hydrogen) atoms. The van der Waals surface area contributed by atoms with Gasteiger partial charge in [0.15, 0.2) is 18.2 Å². The normalized spacial score (nSPS) is 10.6. The highest BCUT2D eigenvalue weighted by Crippen LogP contribution is 2.22. The second-order valence-electron chi connectivity index (χ2n) is 4.27. The number of carbonyl (C=O) groups is 1. The molecule has 0 radical (unpaired) electrons. The van der Waals surface area contributed by atoms with Crippen LogP contribution in [-0.4, -0.2) is 35.6 Å². The van der Waals surface area contributed by atoms with E-state index in [-0.39, 0.29) is 30.9 Å². The number of amides is 1. The van der Waals surface area contributed by atoms with Crippen LogP contribution in [0, 0.1) is 5.82 Å². The number of hydrogen-bond acceptors (Lipinski definition) is 3. The maximum absolute atomic E-state index is 13.5. The summed E-state index contributed by atoms with van der Waals surface area (Å²) in [6.07, 6.45) is 0. The molecule has 0 fully saturated rings. The van der Waals surface area contributed by atoms with E-state index >= 15 is 0 Å². The third-order valence-electron chi connectivity index (χ3n) is 2.73. The molecule has 0 aromatic heterocycles. The Kier molecular flexibility index (Phi) is 5.09. The number of aliphatic hydroxyl groups is 1. The Morgan fingerprint density at radius 3 is 2.72 bits per heavy atom. The molecular formula is C13H18FNO3. The smallest absolute Gasteiger partial charge is 0.260 e. The van der Waals surface area contributed by atoms with Gasteiger partial charge in [0.05, 0.1) is 6.61 Å². The van der Waals surface area contributed by atoms with Gasteiger partial charge in [-0.25, -0.2) is 4.39 Å². The molecule has 0 aliphatic rings. The molecule has 0 atom stereocenters. The summed E-state index contributed by atoms with van der Waals surface area (Å²) in [6, 6.07) is 4.31. The molecule has 1 N–H and O–H groups in total. The lowest BCUT2D eigenvalue weighted by Gasteiger charge is -2.21. The van der Waals surface area contributed by atoms with Gasteiger partial charge in [0.25, 0.3) is 5.91 Å². The van der Waals surface area contributed by atoms with E-state index in [9.17, 15) is 9.18 Å². The molecule has 0 aliphatic carbocycles. The molecule has 100 valence electrons. The van der Waals surface area contributed by atoms with Crippen LogP contribution in [-0.2, 0) is 11.4 Å². The van der Waals surface area contributed by atoms with Crippen LogP contribution in [0.1, 0.15) is 19.4 Å². The third kappa shape index (κ3) is 3.43. The Labute approximate surface area is 106 Å². The molecule has 0 bridgehead atoms. The quantitative estimate of drug-likeness (QED) is 0.868. The summed E-state index contributed by atoms with van der Waals surface area (Å²) in [6.45, 7) is 3.17. The molecule has 0 saturated carbocycles. The Morgan fingerprint density at radius 1 is 1.50 bits per heavy atom. The van der Waals surface area contributed by atoms with Gasteiger partial charge >= 0.3 is 0 Å². The molecule has 4 nitrogen and oxygen atoms in total. The van der Waals surface area contributed by atoms with Gasteiger partial charge in [-0.1, -0.05) is 12.1 Å². The van der Waals surface area contributed by atoms with Crippen molar-refractivity contribution in [3.05, 3.63) is 29.6 Å². The van der Waals surface area contributed by atoms with E-state index in [4.69, 9.17) is 9.84 Å². The molecule has 1 rings (SSSR count). The lowest BCUT2D eigenvalue weighted by Crippen LogP contribution is -2.36. The minimum Gasteiger partial charge on any atom is -0.480 e. The third-order valence-corrected chi connectivity index (χ3v) is 2.73. The van der Waals surface area contributed by atoms with Gasteiger partial charge in [0, 0.05) is 18.7 Å². The highest BCUT2D eigenvalue weighted by molar-refractivity contribution is 5.77. The van der Waals surface area contributed by atoms with E-state index in [0.717, 1.165) is 0 Å². The lowest BCUT2D eigenvalue weighted by molar-refractivity contribution is -0.133. The zero-order chi connectivity index (χ0) is 13.7. The fourth-order valence-electron chi connectivity index (χ4n) is 1.36. The van der Waals surface area contributed by atoms with Gasteiger partial charge in [0.2, 0.25) is 0 Å². The number of halogens is 1. The molecule has 1 aromatic rings. The Hall–Kier alpha value is -1.62. The van der Waals surface area contributed by atoms with Crippen LogP contribution < -0.4 is 4.74 Å². The van der Waals surface area contributed by atoms with Crippen molar-refractivity contribution >= 4 is 5.91 Å². The fraction of sp³-hybridized carbons (Fsp3) is 0.462. The molecular weight excluding hydrogens is 237 g/mol. The highest BCUT2D eigenvalue weighted by Gasteiger charge is 2.15. The van der Waals surface area contributed by atoms with Gasteiger partial charge in [-0.15, -0.1) is 0 Å². The SMILES string of the molecule is CC(C)N(C)C(=O)COc1c(F)cccc1CO. The van der Waals surface area contributed by atoms with Crippen molar-refractivity contribution in [3.63, 3.8) is 0 Å². The van der Waals surface area contributed by atoms with Crippen molar-refractivity contribution in [2.45, 2.75) is 26.5 Å².